The van der Waals surface area contributed by atoms with Crippen LogP contribution in [0.4, 0.5) is 11.4 Å². The van der Waals surface area contributed by atoms with Crippen molar-refractivity contribution in [1.29, 1.82) is 0 Å². The van der Waals surface area contributed by atoms with Gasteiger partial charge < -0.3 is 15.8 Å². The summed E-state index contributed by atoms with van der Waals surface area (Å²) in [6.07, 6.45) is 0. The van der Waals surface area contributed by atoms with Gasteiger partial charge in [0.1, 0.15) is 5.75 Å². The minimum Gasteiger partial charge on any atom is -0.482 e. The van der Waals surface area contributed by atoms with Crippen molar-refractivity contribution in [3.05, 3.63) is 50.9 Å². The van der Waals surface area contributed by atoms with Crippen LogP contribution in [0.15, 0.2) is 45.3 Å². The lowest BCUT2D eigenvalue weighted by atomic mass is 10.2. The van der Waals surface area contributed by atoms with E-state index in [-0.39, 0.29) is 12.5 Å². The second-order valence-electron chi connectivity index (χ2n) is 4.50. The Morgan fingerprint density at radius 1 is 1.29 bits per heavy atom. The molecule has 2 rings (SSSR count). The van der Waals surface area contributed by atoms with Crippen molar-refractivity contribution in [1.82, 2.24) is 0 Å². The molecule has 0 heterocycles. The van der Waals surface area contributed by atoms with Gasteiger partial charge in [0.2, 0.25) is 0 Å². The topological polar surface area (TPSA) is 64.3 Å². The van der Waals surface area contributed by atoms with Crippen LogP contribution in [0, 0.1) is 6.92 Å². The van der Waals surface area contributed by atoms with Crippen LogP contribution >= 0.6 is 31.9 Å². The molecule has 0 aromatic heterocycles. The fourth-order valence-corrected chi connectivity index (χ4v) is 3.38. The number of rotatable bonds is 4. The molecule has 0 aliphatic heterocycles. The molecule has 1 amide bonds. The summed E-state index contributed by atoms with van der Waals surface area (Å²) in [5.74, 6) is 0.413. The van der Waals surface area contributed by atoms with Crippen LogP contribution in [0.3, 0.4) is 0 Å². The molecule has 0 bridgehead atoms. The Bertz CT molecular complexity index is 651. The lowest BCUT2D eigenvalue weighted by Crippen LogP contribution is -2.20. The third-order valence-corrected chi connectivity index (χ3v) is 3.76. The molecule has 0 atom stereocenters. The van der Waals surface area contributed by atoms with Gasteiger partial charge in [-0.1, -0.05) is 22.0 Å². The molecule has 0 aliphatic carbocycles. The van der Waals surface area contributed by atoms with E-state index in [2.05, 4.69) is 37.2 Å². The van der Waals surface area contributed by atoms with Gasteiger partial charge in [0.05, 0.1) is 4.47 Å². The highest BCUT2D eigenvalue weighted by atomic mass is 79.9. The van der Waals surface area contributed by atoms with Crippen molar-refractivity contribution in [3.63, 3.8) is 0 Å². The van der Waals surface area contributed by atoms with E-state index in [1.54, 1.807) is 24.3 Å². The van der Waals surface area contributed by atoms with Gasteiger partial charge in [-0.3, -0.25) is 4.79 Å². The molecule has 4 nitrogen and oxygen atoms in total. The SMILES string of the molecule is Cc1cc(Br)cc(Br)c1OCC(=O)Nc1cccc(N)c1. The first-order chi connectivity index (χ1) is 9.95. The Morgan fingerprint density at radius 2 is 2.05 bits per heavy atom. The number of carbonyl (C=O) groups is 1. The molecule has 21 heavy (non-hydrogen) atoms. The predicted molar refractivity (Wildman–Crippen MR) is 91.6 cm³/mol. The highest BCUT2D eigenvalue weighted by Crippen LogP contribution is 2.32. The zero-order chi connectivity index (χ0) is 15.4. The minimum atomic E-state index is -0.241. The standard InChI is InChI=1S/C15H14Br2N2O2/c1-9-5-10(16)6-13(17)15(9)21-8-14(20)19-12-4-2-3-11(18)7-12/h2-7H,8,18H2,1H3,(H,19,20). The van der Waals surface area contributed by atoms with E-state index in [1.165, 1.54) is 0 Å². The summed E-state index contributed by atoms with van der Waals surface area (Å²) in [7, 11) is 0. The largest absolute Gasteiger partial charge is 0.482 e. The summed E-state index contributed by atoms with van der Waals surface area (Å²) in [4.78, 5) is 11.9. The number of nitrogens with two attached hydrogens (primary N) is 1. The molecular weight excluding hydrogens is 400 g/mol. The number of aryl methyl sites for hydroxylation is 1. The van der Waals surface area contributed by atoms with Crippen molar-refractivity contribution in [2.45, 2.75) is 6.92 Å². The van der Waals surface area contributed by atoms with Crippen molar-refractivity contribution < 1.29 is 9.53 Å². The summed E-state index contributed by atoms with van der Waals surface area (Å²) >= 11 is 6.82. The fourth-order valence-electron chi connectivity index (χ4n) is 1.82. The molecule has 0 aliphatic rings. The lowest BCUT2D eigenvalue weighted by molar-refractivity contribution is -0.118. The number of ether oxygens (including phenoxy) is 1. The van der Waals surface area contributed by atoms with Crippen molar-refractivity contribution >= 4 is 49.1 Å². The average Bonchev–Trinajstić information content (AvgIpc) is 2.37. The maximum Gasteiger partial charge on any atom is 0.262 e. The predicted octanol–water partition coefficient (Wildman–Crippen LogP) is 4.12. The van der Waals surface area contributed by atoms with Crippen LogP contribution in [0.1, 0.15) is 5.56 Å². The molecule has 0 fully saturated rings. The van der Waals surface area contributed by atoms with Gasteiger partial charge in [-0.15, -0.1) is 0 Å². The third kappa shape index (κ3) is 4.47. The lowest BCUT2D eigenvalue weighted by Gasteiger charge is -2.12. The molecule has 2 aromatic rings. The monoisotopic (exact) mass is 412 g/mol. The van der Waals surface area contributed by atoms with Gasteiger partial charge in [0.25, 0.3) is 5.91 Å². The van der Waals surface area contributed by atoms with E-state index in [0.717, 1.165) is 14.5 Å². The summed E-state index contributed by atoms with van der Waals surface area (Å²) in [6, 6.07) is 10.8. The minimum absolute atomic E-state index is 0.0735. The Hall–Kier alpha value is -1.53. The van der Waals surface area contributed by atoms with E-state index in [1.807, 2.05) is 19.1 Å². The molecule has 3 N–H and O–H groups in total. The quantitative estimate of drug-likeness (QED) is 0.741. The molecular formula is C15H14Br2N2O2. The van der Waals surface area contributed by atoms with Crippen LogP contribution in [0.5, 0.6) is 5.75 Å². The van der Waals surface area contributed by atoms with Crippen LogP contribution in [-0.4, -0.2) is 12.5 Å². The van der Waals surface area contributed by atoms with Gasteiger partial charge in [0, 0.05) is 15.8 Å². The number of anilines is 2. The van der Waals surface area contributed by atoms with Crippen LogP contribution < -0.4 is 15.8 Å². The number of amides is 1. The molecule has 0 radical (unpaired) electrons. The van der Waals surface area contributed by atoms with Crippen molar-refractivity contribution in [2.24, 2.45) is 0 Å². The number of hydrogen-bond donors (Lipinski definition) is 2. The molecule has 0 spiro atoms. The van der Waals surface area contributed by atoms with Gasteiger partial charge in [-0.05, 0) is 58.7 Å². The van der Waals surface area contributed by atoms with Gasteiger partial charge in [0.15, 0.2) is 6.61 Å². The van der Waals surface area contributed by atoms with E-state index in [0.29, 0.717) is 17.1 Å². The number of hydrogen-bond acceptors (Lipinski definition) is 3. The van der Waals surface area contributed by atoms with E-state index in [9.17, 15) is 4.79 Å². The normalized spacial score (nSPS) is 10.2. The third-order valence-electron chi connectivity index (χ3n) is 2.71. The molecule has 0 saturated heterocycles. The highest BCUT2D eigenvalue weighted by Gasteiger charge is 2.10. The summed E-state index contributed by atoms with van der Waals surface area (Å²) in [5.41, 5.74) is 7.84. The number of benzene rings is 2. The number of carbonyl (C=O) groups excluding carboxylic acids is 1. The maximum atomic E-state index is 11.9. The smallest absolute Gasteiger partial charge is 0.262 e. The molecule has 0 saturated carbocycles. The summed E-state index contributed by atoms with van der Waals surface area (Å²) in [5, 5.41) is 2.73. The van der Waals surface area contributed by atoms with Crippen LogP contribution in [0.2, 0.25) is 0 Å². The molecule has 6 heteroatoms. The Kier molecular flexibility index (Phi) is 5.25. The number of nitrogens with one attached hydrogen (secondary N) is 1. The van der Waals surface area contributed by atoms with Gasteiger partial charge in [-0.25, -0.2) is 0 Å². The Labute approximate surface area is 139 Å². The van der Waals surface area contributed by atoms with Crippen molar-refractivity contribution in [3.8, 4) is 5.75 Å². The Morgan fingerprint density at radius 3 is 2.71 bits per heavy atom. The molecule has 0 unspecified atom stereocenters. The second kappa shape index (κ2) is 6.95. The Balaban J connectivity index is 1.99. The average molecular weight is 414 g/mol. The first-order valence-electron chi connectivity index (χ1n) is 6.19. The van der Waals surface area contributed by atoms with Gasteiger partial charge >= 0.3 is 0 Å². The maximum absolute atomic E-state index is 11.9. The zero-order valence-corrected chi connectivity index (χ0v) is 14.5. The summed E-state index contributed by atoms with van der Waals surface area (Å²) in [6.45, 7) is 1.84. The molecule has 110 valence electrons. The molecule has 2 aromatic carbocycles. The first-order valence-corrected chi connectivity index (χ1v) is 7.78. The zero-order valence-electron chi connectivity index (χ0n) is 11.3. The summed E-state index contributed by atoms with van der Waals surface area (Å²) < 4.78 is 7.32. The number of halogens is 2. The fraction of sp³-hybridized carbons (Fsp3) is 0.133. The first kappa shape index (κ1) is 15.9. The van der Waals surface area contributed by atoms with E-state index < -0.39 is 0 Å². The highest BCUT2D eigenvalue weighted by molar-refractivity contribution is 9.11. The van der Waals surface area contributed by atoms with E-state index >= 15 is 0 Å². The van der Waals surface area contributed by atoms with Crippen LogP contribution in [-0.2, 0) is 4.79 Å². The number of nitrogen functional groups attached to an aromatic ring is 1. The van der Waals surface area contributed by atoms with E-state index in [4.69, 9.17) is 10.5 Å². The van der Waals surface area contributed by atoms with Crippen molar-refractivity contribution in [2.75, 3.05) is 17.7 Å². The second-order valence-corrected chi connectivity index (χ2v) is 6.27. The van der Waals surface area contributed by atoms with Gasteiger partial charge in [-0.2, -0.15) is 0 Å². The van der Waals surface area contributed by atoms with Crippen LogP contribution in [0.25, 0.3) is 0 Å².